The number of amides is 1. The Bertz CT molecular complexity index is 652. The molecule has 1 aromatic carbocycles. The van der Waals surface area contributed by atoms with Crippen molar-refractivity contribution in [2.45, 2.75) is 6.92 Å². The SMILES string of the molecule is COc1cccc(OC)c1C(=O)Nc1ncc(Br)cc1C. The van der Waals surface area contributed by atoms with Crippen LogP contribution in [0.2, 0.25) is 0 Å². The van der Waals surface area contributed by atoms with Crippen LogP contribution in [0.5, 0.6) is 11.5 Å². The van der Waals surface area contributed by atoms with E-state index in [2.05, 4.69) is 26.2 Å². The molecule has 0 aliphatic rings. The largest absolute Gasteiger partial charge is 0.496 e. The van der Waals surface area contributed by atoms with Crippen molar-refractivity contribution in [1.29, 1.82) is 0 Å². The normalized spacial score (nSPS) is 10.1. The molecule has 6 heteroatoms. The van der Waals surface area contributed by atoms with Crippen molar-refractivity contribution in [2.24, 2.45) is 0 Å². The summed E-state index contributed by atoms with van der Waals surface area (Å²) in [6.07, 6.45) is 1.63. The van der Waals surface area contributed by atoms with Gasteiger partial charge in [0, 0.05) is 10.7 Å². The second-order valence-electron chi connectivity index (χ2n) is 4.31. The minimum atomic E-state index is -0.331. The van der Waals surface area contributed by atoms with Crippen LogP contribution in [-0.4, -0.2) is 25.1 Å². The smallest absolute Gasteiger partial charge is 0.264 e. The molecule has 1 N–H and O–H groups in total. The highest BCUT2D eigenvalue weighted by molar-refractivity contribution is 9.10. The third-order valence-corrected chi connectivity index (χ3v) is 3.37. The van der Waals surface area contributed by atoms with Gasteiger partial charge in [-0.2, -0.15) is 0 Å². The van der Waals surface area contributed by atoms with Crippen LogP contribution in [0, 0.1) is 6.92 Å². The molecule has 2 rings (SSSR count). The van der Waals surface area contributed by atoms with Crippen LogP contribution >= 0.6 is 15.9 Å². The first-order chi connectivity index (χ1) is 10.1. The Kier molecular flexibility index (Phi) is 4.80. The van der Waals surface area contributed by atoms with E-state index in [1.807, 2.05) is 13.0 Å². The highest BCUT2D eigenvalue weighted by atomic mass is 79.9. The number of ether oxygens (including phenoxy) is 2. The van der Waals surface area contributed by atoms with Crippen LogP contribution in [0.3, 0.4) is 0 Å². The Morgan fingerprint density at radius 3 is 2.38 bits per heavy atom. The lowest BCUT2D eigenvalue weighted by molar-refractivity contribution is 0.102. The fourth-order valence-electron chi connectivity index (χ4n) is 1.92. The van der Waals surface area contributed by atoms with Gasteiger partial charge in [0.05, 0.1) is 14.2 Å². The molecule has 0 bridgehead atoms. The van der Waals surface area contributed by atoms with Crippen LogP contribution < -0.4 is 14.8 Å². The van der Waals surface area contributed by atoms with Gasteiger partial charge in [-0.3, -0.25) is 4.79 Å². The molecule has 110 valence electrons. The third kappa shape index (κ3) is 3.33. The van der Waals surface area contributed by atoms with Gasteiger partial charge in [0.1, 0.15) is 22.9 Å². The number of aryl methyl sites for hydroxylation is 1. The number of pyridine rings is 1. The zero-order valence-corrected chi connectivity index (χ0v) is 13.5. The van der Waals surface area contributed by atoms with Crippen molar-refractivity contribution in [3.05, 3.63) is 46.1 Å². The minimum absolute atomic E-state index is 0.331. The summed E-state index contributed by atoms with van der Waals surface area (Å²) in [5.41, 5.74) is 1.19. The Balaban J connectivity index is 2.36. The van der Waals surface area contributed by atoms with E-state index in [1.165, 1.54) is 14.2 Å². The zero-order chi connectivity index (χ0) is 15.4. The summed E-state index contributed by atoms with van der Waals surface area (Å²) in [7, 11) is 3.02. The van der Waals surface area contributed by atoms with Crippen LogP contribution in [0.15, 0.2) is 34.9 Å². The van der Waals surface area contributed by atoms with Crippen molar-refractivity contribution in [1.82, 2.24) is 4.98 Å². The summed E-state index contributed by atoms with van der Waals surface area (Å²) in [4.78, 5) is 16.7. The van der Waals surface area contributed by atoms with E-state index in [0.717, 1.165) is 10.0 Å². The number of anilines is 1. The molecule has 21 heavy (non-hydrogen) atoms. The molecular formula is C15H15BrN2O3. The number of benzene rings is 1. The molecule has 0 aliphatic carbocycles. The molecule has 0 fully saturated rings. The van der Waals surface area contributed by atoms with E-state index >= 15 is 0 Å². The van der Waals surface area contributed by atoms with Crippen molar-refractivity contribution in [3.63, 3.8) is 0 Å². The Labute approximate surface area is 131 Å². The average Bonchev–Trinajstić information content (AvgIpc) is 2.49. The molecule has 0 radical (unpaired) electrons. The van der Waals surface area contributed by atoms with Gasteiger partial charge >= 0.3 is 0 Å². The van der Waals surface area contributed by atoms with Crippen LogP contribution in [0.25, 0.3) is 0 Å². The van der Waals surface area contributed by atoms with Crippen molar-refractivity contribution in [3.8, 4) is 11.5 Å². The van der Waals surface area contributed by atoms with Crippen LogP contribution in [-0.2, 0) is 0 Å². The Hall–Kier alpha value is -2.08. The third-order valence-electron chi connectivity index (χ3n) is 2.93. The number of hydrogen-bond donors (Lipinski definition) is 1. The molecule has 5 nitrogen and oxygen atoms in total. The minimum Gasteiger partial charge on any atom is -0.496 e. The first kappa shape index (κ1) is 15.3. The number of carbonyl (C=O) groups is 1. The van der Waals surface area contributed by atoms with E-state index < -0.39 is 0 Å². The molecule has 0 aliphatic heterocycles. The van der Waals surface area contributed by atoms with Gasteiger partial charge in [-0.15, -0.1) is 0 Å². The monoisotopic (exact) mass is 350 g/mol. The van der Waals surface area contributed by atoms with Gasteiger partial charge in [-0.05, 0) is 46.6 Å². The van der Waals surface area contributed by atoms with Gasteiger partial charge in [0.25, 0.3) is 5.91 Å². The van der Waals surface area contributed by atoms with Gasteiger partial charge < -0.3 is 14.8 Å². The number of carbonyl (C=O) groups excluding carboxylic acids is 1. The fourth-order valence-corrected chi connectivity index (χ4v) is 2.36. The summed E-state index contributed by atoms with van der Waals surface area (Å²) >= 11 is 3.34. The van der Waals surface area contributed by atoms with E-state index in [4.69, 9.17) is 9.47 Å². The summed E-state index contributed by atoms with van der Waals surface area (Å²) in [5.74, 6) is 1.06. The lowest BCUT2D eigenvalue weighted by atomic mass is 10.1. The summed E-state index contributed by atoms with van der Waals surface area (Å²) in [6, 6.07) is 7.05. The summed E-state index contributed by atoms with van der Waals surface area (Å²) < 4.78 is 11.3. The molecule has 0 saturated carbocycles. The highest BCUT2D eigenvalue weighted by Gasteiger charge is 2.19. The molecule has 0 atom stereocenters. The van der Waals surface area contributed by atoms with Gasteiger partial charge in [0.15, 0.2) is 0 Å². The highest BCUT2D eigenvalue weighted by Crippen LogP contribution is 2.29. The lowest BCUT2D eigenvalue weighted by Crippen LogP contribution is -2.16. The Morgan fingerprint density at radius 2 is 1.86 bits per heavy atom. The Morgan fingerprint density at radius 1 is 1.24 bits per heavy atom. The maximum absolute atomic E-state index is 12.5. The molecule has 1 heterocycles. The fraction of sp³-hybridized carbons (Fsp3) is 0.200. The maximum atomic E-state index is 12.5. The second-order valence-corrected chi connectivity index (χ2v) is 5.23. The van der Waals surface area contributed by atoms with E-state index in [-0.39, 0.29) is 5.91 Å². The molecule has 2 aromatic rings. The topological polar surface area (TPSA) is 60.5 Å². The second kappa shape index (κ2) is 6.58. The number of halogens is 1. The van der Waals surface area contributed by atoms with E-state index in [9.17, 15) is 4.79 Å². The van der Waals surface area contributed by atoms with Crippen molar-refractivity contribution >= 4 is 27.7 Å². The van der Waals surface area contributed by atoms with Gasteiger partial charge in [-0.25, -0.2) is 4.98 Å². The van der Waals surface area contributed by atoms with Gasteiger partial charge in [0.2, 0.25) is 0 Å². The van der Waals surface area contributed by atoms with Crippen LogP contribution in [0.4, 0.5) is 5.82 Å². The summed E-state index contributed by atoms with van der Waals surface area (Å²) in [5, 5.41) is 2.77. The molecule has 0 spiro atoms. The molecular weight excluding hydrogens is 336 g/mol. The average molecular weight is 351 g/mol. The van der Waals surface area contributed by atoms with E-state index in [1.54, 1.807) is 24.4 Å². The standard InChI is InChI=1S/C15H15BrN2O3/c1-9-7-10(16)8-17-14(9)18-15(19)13-11(20-2)5-4-6-12(13)21-3/h4-8H,1-3H3,(H,17,18,19). The van der Waals surface area contributed by atoms with Gasteiger partial charge in [-0.1, -0.05) is 6.07 Å². The molecule has 1 aromatic heterocycles. The number of aromatic nitrogens is 1. The number of nitrogens with one attached hydrogen (secondary N) is 1. The zero-order valence-electron chi connectivity index (χ0n) is 11.9. The molecule has 0 saturated heterocycles. The quantitative estimate of drug-likeness (QED) is 0.917. The van der Waals surface area contributed by atoms with Crippen molar-refractivity contribution < 1.29 is 14.3 Å². The number of nitrogens with zero attached hydrogens (tertiary/aromatic N) is 1. The molecule has 0 unspecified atom stereocenters. The predicted molar refractivity (Wildman–Crippen MR) is 84.2 cm³/mol. The van der Waals surface area contributed by atoms with E-state index in [0.29, 0.717) is 22.9 Å². The summed E-state index contributed by atoms with van der Waals surface area (Å²) in [6.45, 7) is 1.87. The number of hydrogen-bond acceptors (Lipinski definition) is 4. The van der Waals surface area contributed by atoms with Crippen LogP contribution in [0.1, 0.15) is 15.9 Å². The molecule has 1 amide bonds. The predicted octanol–water partition coefficient (Wildman–Crippen LogP) is 3.42. The first-order valence-corrected chi connectivity index (χ1v) is 7.00. The number of rotatable bonds is 4. The number of methoxy groups -OCH3 is 2. The first-order valence-electron chi connectivity index (χ1n) is 6.21. The maximum Gasteiger partial charge on any atom is 0.264 e. The van der Waals surface area contributed by atoms with Crippen molar-refractivity contribution in [2.75, 3.05) is 19.5 Å². The lowest BCUT2D eigenvalue weighted by Gasteiger charge is -2.13.